The van der Waals surface area contributed by atoms with Gasteiger partial charge in [0.05, 0.1) is 0 Å². The molecule has 3 atom stereocenters. The highest BCUT2D eigenvalue weighted by atomic mass is 14.1. The van der Waals surface area contributed by atoms with Crippen molar-refractivity contribution in [3.63, 3.8) is 0 Å². The summed E-state index contributed by atoms with van der Waals surface area (Å²) in [5.41, 5.74) is 2.95. The van der Waals surface area contributed by atoms with Crippen molar-refractivity contribution in [1.29, 1.82) is 0 Å². The van der Waals surface area contributed by atoms with Crippen molar-refractivity contribution in [1.82, 2.24) is 0 Å². The molecule has 2 aromatic carbocycles. The Hall–Kier alpha value is -2.08. The van der Waals surface area contributed by atoms with Crippen LogP contribution in [0.1, 0.15) is 88.2 Å². The number of hydrogen-bond acceptors (Lipinski definition) is 0. The largest absolute Gasteiger partial charge is 0.103 e. The highest BCUT2D eigenvalue weighted by Crippen LogP contribution is 2.26. The van der Waals surface area contributed by atoms with Gasteiger partial charge in [-0.2, -0.15) is 0 Å². The second kappa shape index (κ2) is 14.0. The molecule has 0 fully saturated rings. The summed E-state index contributed by atoms with van der Waals surface area (Å²) < 4.78 is 0. The fraction of sp³-hybridized carbons (Fsp3) is 0.448. The van der Waals surface area contributed by atoms with Gasteiger partial charge in [-0.15, -0.1) is 6.58 Å². The van der Waals surface area contributed by atoms with E-state index < -0.39 is 0 Å². The molecule has 0 heteroatoms. The third-order valence-corrected chi connectivity index (χ3v) is 6.23. The zero-order valence-electron chi connectivity index (χ0n) is 18.6. The third kappa shape index (κ3) is 8.86. The molecule has 0 aliphatic rings. The minimum Gasteiger partial charge on any atom is -0.103 e. The van der Waals surface area contributed by atoms with Crippen molar-refractivity contribution in [2.75, 3.05) is 0 Å². The van der Waals surface area contributed by atoms with Crippen molar-refractivity contribution < 1.29 is 0 Å². The summed E-state index contributed by atoms with van der Waals surface area (Å²) in [6, 6.07) is 21.8. The first-order valence-electron chi connectivity index (χ1n) is 11.6. The van der Waals surface area contributed by atoms with Crippen LogP contribution in [0.3, 0.4) is 0 Å². The number of benzene rings is 2. The van der Waals surface area contributed by atoms with E-state index in [9.17, 15) is 0 Å². The molecular formula is C29H40. The van der Waals surface area contributed by atoms with Crippen molar-refractivity contribution in [3.05, 3.63) is 96.6 Å². The SMILES string of the molecule is C=CC(CCC/C=C/CCC(CC)c1ccccc1)CCC(C)c1ccccc1. The van der Waals surface area contributed by atoms with E-state index in [0.717, 1.165) is 0 Å². The Bertz CT molecular complexity index is 682. The molecule has 0 aliphatic heterocycles. The summed E-state index contributed by atoms with van der Waals surface area (Å²) in [4.78, 5) is 0. The van der Waals surface area contributed by atoms with Gasteiger partial charge < -0.3 is 0 Å². The summed E-state index contributed by atoms with van der Waals surface area (Å²) in [5, 5.41) is 0. The second-order valence-corrected chi connectivity index (χ2v) is 8.38. The van der Waals surface area contributed by atoms with Crippen molar-refractivity contribution in [3.8, 4) is 0 Å². The first-order chi connectivity index (χ1) is 14.2. The van der Waals surface area contributed by atoms with E-state index in [2.05, 4.69) is 99.3 Å². The molecule has 2 aromatic rings. The zero-order valence-corrected chi connectivity index (χ0v) is 18.6. The van der Waals surface area contributed by atoms with Gasteiger partial charge in [0.25, 0.3) is 0 Å². The summed E-state index contributed by atoms with van der Waals surface area (Å²) in [6.45, 7) is 8.73. The van der Waals surface area contributed by atoms with Crippen LogP contribution in [0.15, 0.2) is 85.5 Å². The van der Waals surface area contributed by atoms with Crippen LogP contribution in [0, 0.1) is 5.92 Å². The minimum absolute atomic E-state index is 0.634. The molecule has 29 heavy (non-hydrogen) atoms. The second-order valence-electron chi connectivity index (χ2n) is 8.38. The van der Waals surface area contributed by atoms with E-state index in [-0.39, 0.29) is 0 Å². The zero-order chi connectivity index (χ0) is 20.7. The molecule has 156 valence electrons. The van der Waals surface area contributed by atoms with Crippen LogP contribution in [-0.2, 0) is 0 Å². The van der Waals surface area contributed by atoms with Crippen molar-refractivity contribution in [2.24, 2.45) is 5.92 Å². The monoisotopic (exact) mass is 388 g/mol. The maximum atomic E-state index is 4.08. The van der Waals surface area contributed by atoms with E-state index >= 15 is 0 Å². The van der Waals surface area contributed by atoms with Crippen LogP contribution in [0.5, 0.6) is 0 Å². The van der Waals surface area contributed by atoms with Crippen LogP contribution in [0.25, 0.3) is 0 Å². The van der Waals surface area contributed by atoms with Gasteiger partial charge in [-0.1, -0.05) is 92.7 Å². The molecule has 0 saturated carbocycles. The van der Waals surface area contributed by atoms with Crippen molar-refractivity contribution in [2.45, 2.75) is 77.0 Å². The molecular weight excluding hydrogens is 348 g/mol. The van der Waals surface area contributed by atoms with Crippen LogP contribution in [0.4, 0.5) is 0 Å². The highest BCUT2D eigenvalue weighted by molar-refractivity contribution is 5.19. The van der Waals surface area contributed by atoms with Gasteiger partial charge in [-0.25, -0.2) is 0 Å². The molecule has 0 aliphatic carbocycles. The fourth-order valence-corrected chi connectivity index (χ4v) is 4.16. The number of allylic oxidation sites excluding steroid dienone is 3. The molecule has 0 heterocycles. The van der Waals surface area contributed by atoms with Gasteiger partial charge in [0.15, 0.2) is 0 Å². The first kappa shape index (κ1) is 23.2. The lowest BCUT2D eigenvalue weighted by molar-refractivity contribution is 0.482. The predicted octanol–water partition coefficient (Wildman–Crippen LogP) is 9.07. The molecule has 0 saturated heterocycles. The Labute approximate surface area is 179 Å². The third-order valence-electron chi connectivity index (χ3n) is 6.23. The van der Waals surface area contributed by atoms with Crippen LogP contribution in [-0.4, -0.2) is 0 Å². The van der Waals surface area contributed by atoms with Gasteiger partial charge in [-0.05, 0) is 80.2 Å². The summed E-state index contributed by atoms with van der Waals surface area (Å²) in [7, 11) is 0. The molecule has 0 nitrogen and oxygen atoms in total. The molecule has 0 spiro atoms. The highest BCUT2D eigenvalue weighted by Gasteiger charge is 2.10. The molecule has 2 rings (SSSR count). The molecule has 0 aromatic heterocycles. The molecule has 0 radical (unpaired) electrons. The average Bonchev–Trinajstić information content (AvgIpc) is 2.78. The van der Waals surface area contributed by atoms with Crippen molar-refractivity contribution >= 4 is 0 Å². The molecule has 3 unspecified atom stereocenters. The average molecular weight is 389 g/mol. The summed E-state index contributed by atoms with van der Waals surface area (Å²) in [6.07, 6.45) is 16.8. The molecule has 0 amide bonds. The Morgan fingerprint density at radius 2 is 1.38 bits per heavy atom. The van der Waals surface area contributed by atoms with E-state index in [4.69, 9.17) is 0 Å². The van der Waals surface area contributed by atoms with E-state index in [1.165, 1.54) is 62.5 Å². The normalized spacial score (nSPS) is 14.6. The van der Waals surface area contributed by atoms with Crippen LogP contribution >= 0.6 is 0 Å². The van der Waals surface area contributed by atoms with Gasteiger partial charge >= 0.3 is 0 Å². The molecule has 0 N–H and O–H groups in total. The van der Waals surface area contributed by atoms with Crippen LogP contribution < -0.4 is 0 Å². The lowest BCUT2D eigenvalue weighted by Crippen LogP contribution is -2.01. The Morgan fingerprint density at radius 3 is 2.00 bits per heavy atom. The smallest absolute Gasteiger partial charge is 0.0162 e. The van der Waals surface area contributed by atoms with E-state index in [1.54, 1.807) is 0 Å². The lowest BCUT2D eigenvalue weighted by Gasteiger charge is -2.16. The molecule has 0 bridgehead atoms. The quantitative estimate of drug-likeness (QED) is 0.223. The van der Waals surface area contributed by atoms with Crippen LogP contribution in [0.2, 0.25) is 0 Å². The Balaban J connectivity index is 1.60. The number of unbranched alkanes of at least 4 members (excludes halogenated alkanes) is 1. The topological polar surface area (TPSA) is 0 Å². The fourth-order valence-electron chi connectivity index (χ4n) is 4.16. The maximum Gasteiger partial charge on any atom is -0.0162 e. The minimum atomic E-state index is 0.634. The predicted molar refractivity (Wildman–Crippen MR) is 129 cm³/mol. The lowest BCUT2D eigenvalue weighted by atomic mass is 9.89. The Morgan fingerprint density at radius 1 is 0.759 bits per heavy atom. The van der Waals surface area contributed by atoms with E-state index in [1.807, 2.05) is 0 Å². The maximum absolute atomic E-state index is 4.08. The van der Waals surface area contributed by atoms with Gasteiger partial charge in [0.1, 0.15) is 0 Å². The van der Waals surface area contributed by atoms with Gasteiger partial charge in [0.2, 0.25) is 0 Å². The Kier molecular flexibility index (Phi) is 11.2. The summed E-state index contributed by atoms with van der Waals surface area (Å²) in [5.74, 6) is 1.98. The van der Waals surface area contributed by atoms with Gasteiger partial charge in [0, 0.05) is 0 Å². The number of rotatable bonds is 14. The van der Waals surface area contributed by atoms with E-state index in [0.29, 0.717) is 17.8 Å². The van der Waals surface area contributed by atoms with Gasteiger partial charge in [-0.3, -0.25) is 0 Å². The first-order valence-corrected chi connectivity index (χ1v) is 11.6. The summed E-state index contributed by atoms with van der Waals surface area (Å²) >= 11 is 0. The number of hydrogen-bond donors (Lipinski definition) is 0. The standard InChI is InChI=1S/C29H40/c1-4-26(24-23-25(3)28-19-13-9-14-20-28)17-11-7-6-8-12-18-27(5-2)29-21-15-10-16-22-29/h4,6,8-10,13-16,19-22,25-27H,1,5,7,11-12,17-18,23-24H2,2-3H3/b8-6+.